The summed E-state index contributed by atoms with van der Waals surface area (Å²) in [4.78, 5) is 4.77. The summed E-state index contributed by atoms with van der Waals surface area (Å²) in [5.41, 5.74) is 5.69. The number of likely N-dealkylation sites (N-methyl/N-ethyl adjacent to an activating group) is 1. The van der Waals surface area contributed by atoms with E-state index < -0.39 is 9.84 Å². The van der Waals surface area contributed by atoms with E-state index in [4.69, 9.17) is 5.73 Å². The lowest BCUT2D eigenvalue weighted by Crippen LogP contribution is -2.59. The monoisotopic (exact) mass is 289 g/mol. The lowest BCUT2D eigenvalue weighted by atomic mass is 9.93. The SMILES string of the molecule is CCC1CN(C)CCCN1C1(CN)CCS(=O)(=O)C1. The van der Waals surface area contributed by atoms with Crippen LogP contribution in [0.25, 0.3) is 0 Å². The molecule has 0 amide bonds. The number of sulfone groups is 1. The van der Waals surface area contributed by atoms with Crippen LogP contribution >= 0.6 is 0 Å². The molecule has 2 saturated heterocycles. The molecule has 0 radical (unpaired) electrons. The summed E-state index contributed by atoms with van der Waals surface area (Å²) in [5, 5.41) is 0. The number of nitrogens with zero attached hydrogens (tertiary/aromatic N) is 2. The van der Waals surface area contributed by atoms with Crippen LogP contribution in [0.3, 0.4) is 0 Å². The van der Waals surface area contributed by atoms with Crippen molar-refractivity contribution in [3.05, 3.63) is 0 Å². The van der Waals surface area contributed by atoms with Gasteiger partial charge in [-0.15, -0.1) is 0 Å². The van der Waals surface area contributed by atoms with Gasteiger partial charge in [0.1, 0.15) is 0 Å². The molecule has 112 valence electrons. The summed E-state index contributed by atoms with van der Waals surface area (Å²) in [6, 6.07) is 0.421. The van der Waals surface area contributed by atoms with E-state index in [1.165, 1.54) is 0 Å². The number of rotatable bonds is 3. The second-order valence-corrected chi connectivity index (χ2v) is 8.33. The molecule has 2 aliphatic rings. The van der Waals surface area contributed by atoms with E-state index in [0.29, 0.717) is 24.8 Å². The van der Waals surface area contributed by atoms with Crippen molar-refractivity contribution in [2.24, 2.45) is 5.73 Å². The molecule has 0 aliphatic carbocycles. The fourth-order valence-electron chi connectivity index (χ4n) is 3.62. The third-order valence-corrected chi connectivity index (χ3v) is 6.53. The average molecular weight is 289 g/mol. The summed E-state index contributed by atoms with van der Waals surface area (Å²) in [5.74, 6) is 0.545. The van der Waals surface area contributed by atoms with Crippen molar-refractivity contribution in [3.63, 3.8) is 0 Å². The van der Waals surface area contributed by atoms with Gasteiger partial charge < -0.3 is 10.6 Å². The molecule has 0 aromatic carbocycles. The molecule has 0 aromatic heterocycles. The Balaban J connectivity index is 2.25. The maximum Gasteiger partial charge on any atom is 0.152 e. The first-order valence-electron chi connectivity index (χ1n) is 7.28. The van der Waals surface area contributed by atoms with Gasteiger partial charge in [-0.05, 0) is 32.9 Å². The molecule has 2 atom stereocenters. The van der Waals surface area contributed by atoms with Crippen LogP contribution in [0.2, 0.25) is 0 Å². The van der Waals surface area contributed by atoms with Crippen LogP contribution in [-0.4, -0.2) is 74.5 Å². The Kier molecular flexibility index (Phi) is 4.55. The largest absolute Gasteiger partial charge is 0.329 e. The van der Waals surface area contributed by atoms with Crippen molar-refractivity contribution in [1.82, 2.24) is 9.80 Å². The quantitative estimate of drug-likeness (QED) is 0.787. The summed E-state index contributed by atoms with van der Waals surface area (Å²) in [6.45, 7) is 5.70. The second kappa shape index (κ2) is 5.68. The van der Waals surface area contributed by atoms with Crippen molar-refractivity contribution in [2.75, 3.05) is 44.7 Å². The van der Waals surface area contributed by atoms with E-state index in [-0.39, 0.29) is 11.3 Å². The van der Waals surface area contributed by atoms with Gasteiger partial charge in [-0.2, -0.15) is 0 Å². The topological polar surface area (TPSA) is 66.6 Å². The highest BCUT2D eigenvalue weighted by molar-refractivity contribution is 7.91. The summed E-state index contributed by atoms with van der Waals surface area (Å²) < 4.78 is 23.8. The molecule has 19 heavy (non-hydrogen) atoms. The minimum absolute atomic E-state index is 0.247. The van der Waals surface area contributed by atoms with Gasteiger partial charge in [-0.25, -0.2) is 8.42 Å². The zero-order valence-electron chi connectivity index (χ0n) is 12.1. The van der Waals surface area contributed by atoms with Crippen LogP contribution in [0.1, 0.15) is 26.2 Å². The van der Waals surface area contributed by atoms with E-state index in [9.17, 15) is 8.42 Å². The molecule has 0 aromatic rings. The molecule has 2 unspecified atom stereocenters. The molecule has 0 saturated carbocycles. The number of hydrogen-bond acceptors (Lipinski definition) is 5. The van der Waals surface area contributed by atoms with Crippen molar-refractivity contribution in [1.29, 1.82) is 0 Å². The third kappa shape index (κ3) is 3.12. The highest BCUT2D eigenvalue weighted by Gasteiger charge is 2.47. The Morgan fingerprint density at radius 1 is 1.37 bits per heavy atom. The Hall–Kier alpha value is -0.170. The molecule has 0 bridgehead atoms. The van der Waals surface area contributed by atoms with Crippen LogP contribution in [0.15, 0.2) is 0 Å². The van der Waals surface area contributed by atoms with Crippen LogP contribution in [-0.2, 0) is 9.84 Å². The van der Waals surface area contributed by atoms with Crippen molar-refractivity contribution in [3.8, 4) is 0 Å². The lowest BCUT2D eigenvalue weighted by Gasteiger charge is -2.44. The Bertz CT molecular complexity index is 412. The molecule has 2 N–H and O–H groups in total. The molecule has 2 rings (SSSR count). The van der Waals surface area contributed by atoms with Crippen LogP contribution in [0.4, 0.5) is 0 Å². The second-order valence-electron chi connectivity index (χ2n) is 6.14. The zero-order valence-corrected chi connectivity index (χ0v) is 13.0. The molecular formula is C13H27N3O2S. The Morgan fingerprint density at radius 3 is 2.63 bits per heavy atom. The third-order valence-electron chi connectivity index (χ3n) is 4.73. The predicted octanol–water partition coefficient (Wildman–Crippen LogP) is -0.0815. The standard InChI is InChI=1S/C13H27N3O2S/c1-3-12-9-15(2)6-4-7-16(12)13(10-14)5-8-19(17,18)11-13/h12H,3-11,14H2,1-2H3. The maximum absolute atomic E-state index is 11.9. The van der Waals surface area contributed by atoms with Crippen LogP contribution < -0.4 is 5.73 Å². The molecule has 5 nitrogen and oxygen atoms in total. The highest BCUT2D eigenvalue weighted by atomic mass is 32.2. The van der Waals surface area contributed by atoms with Crippen LogP contribution in [0.5, 0.6) is 0 Å². The first-order chi connectivity index (χ1) is 8.92. The van der Waals surface area contributed by atoms with E-state index in [1.54, 1.807) is 0 Å². The smallest absolute Gasteiger partial charge is 0.152 e. The van der Waals surface area contributed by atoms with E-state index in [1.807, 2.05) is 0 Å². The predicted molar refractivity (Wildman–Crippen MR) is 78.0 cm³/mol. The van der Waals surface area contributed by atoms with Crippen molar-refractivity contribution >= 4 is 9.84 Å². The Labute approximate surface area is 117 Å². The van der Waals surface area contributed by atoms with E-state index in [2.05, 4.69) is 23.8 Å². The maximum atomic E-state index is 11.9. The normalized spacial score (nSPS) is 37.3. The van der Waals surface area contributed by atoms with E-state index in [0.717, 1.165) is 32.5 Å². The zero-order chi connectivity index (χ0) is 14.1. The molecular weight excluding hydrogens is 262 g/mol. The van der Waals surface area contributed by atoms with Gasteiger partial charge >= 0.3 is 0 Å². The molecule has 2 fully saturated rings. The van der Waals surface area contributed by atoms with E-state index >= 15 is 0 Å². The number of hydrogen-bond donors (Lipinski definition) is 1. The van der Waals surface area contributed by atoms with Gasteiger partial charge in [0.05, 0.1) is 11.5 Å². The summed E-state index contributed by atoms with van der Waals surface area (Å²) in [7, 11) is -0.762. The molecule has 6 heteroatoms. The van der Waals surface area contributed by atoms with Gasteiger partial charge in [-0.3, -0.25) is 4.90 Å². The fraction of sp³-hybridized carbons (Fsp3) is 1.00. The fourth-order valence-corrected chi connectivity index (χ4v) is 5.70. The lowest BCUT2D eigenvalue weighted by molar-refractivity contribution is 0.0648. The molecule has 0 spiro atoms. The van der Waals surface area contributed by atoms with Gasteiger partial charge in [0.25, 0.3) is 0 Å². The summed E-state index contributed by atoms with van der Waals surface area (Å²) in [6.07, 6.45) is 2.84. The first kappa shape index (κ1) is 15.2. The van der Waals surface area contributed by atoms with Gasteiger partial charge in [0.2, 0.25) is 0 Å². The Morgan fingerprint density at radius 2 is 2.11 bits per heavy atom. The van der Waals surface area contributed by atoms with Gasteiger partial charge in [0, 0.05) is 31.2 Å². The van der Waals surface area contributed by atoms with Crippen LogP contribution in [0, 0.1) is 0 Å². The molecule has 2 aliphatic heterocycles. The van der Waals surface area contributed by atoms with Crippen molar-refractivity contribution in [2.45, 2.75) is 37.8 Å². The number of nitrogens with two attached hydrogens (primary N) is 1. The minimum Gasteiger partial charge on any atom is -0.329 e. The van der Waals surface area contributed by atoms with Gasteiger partial charge in [-0.1, -0.05) is 6.92 Å². The minimum atomic E-state index is -2.91. The van der Waals surface area contributed by atoms with Crippen molar-refractivity contribution < 1.29 is 8.42 Å². The summed E-state index contributed by atoms with van der Waals surface area (Å²) >= 11 is 0. The van der Waals surface area contributed by atoms with Gasteiger partial charge in [0.15, 0.2) is 9.84 Å². The molecule has 2 heterocycles. The highest BCUT2D eigenvalue weighted by Crippen LogP contribution is 2.32. The average Bonchev–Trinajstić information content (AvgIpc) is 2.56. The first-order valence-corrected chi connectivity index (χ1v) is 9.10.